The monoisotopic (exact) mass is 1060 g/mol. The van der Waals surface area contributed by atoms with Gasteiger partial charge in [0.2, 0.25) is 0 Å². The van der Waals surface area contributed by atoms with Crippen molar-refractivity contribution in [3.63, 3.8) is 0 Å². The van der Waals surface area contributed by atoms with Crippen LogP contribution in [0.25, 0.3) is 90.7 Å². The number of fused-ring (bicyclic) bond motifs is 16. The molecule has 0 radical (unpaired) electrons. The first-order valence-electron chi connectivity index (χ1n) is 26.0. The maximum atomic E-state index is 14.3. The predicted molar refractivity (Wildman–Crippen MR) is 311 cm³/mol. The van der Waals surface area contributed by atoms with E-state index in [9.17, 15) is 14.4 Å². The molecule has 80 heavy (non-hydrogen) atoms. The molecule has 12 rings (SSSR count). The Balaban J connectivity index is 1.05. The van der Waals surface area contributed by atoms with Gasteiger partial charge < -0.3 is 38.9 Å². The lowest BCUT2D eigenvalue weighted by atomic mass is 9.86. The van der Waals surface area contributed by atoms with Gasteiger partial charge in [-0.3, -0.25) is 9.97 Å². The van der Waals surface area contributed by atoms with E-state index in [2.05, 4.69) is 65.5 Å². The minimum absolute atomic E-state index is 0.179. The largest absolute Gasteiger partial charge is 0.493 e. The standard InChI is InChI=1S/C65H54N8O7/c1-64(2)33-45-30-50-58(63(76)80-8)56(37-14-16-38(17-15-37)61(74)78-6)51(71-50)32-54-65(3,4)34-52(72-54)60(77-5)59-57(62(75)79-7)46(49(73-59)31-53(64)70-45)24-11-35-9-12-36(13-10-35)55-47-25-22-43(68-47)28-41-20-18-39(66-41)27-40-19-21-42(67-40)29-44-23-26-48(55)69-44/h9-10,12-23,25-32,66-67,71,73H,33-34H2,1-8H3. The number of rotatable bonds is 6. The van der Waals surface area contributed by atoms with Crippen LogP contribution in [-0.2, 0) is 37.9 Å². The SMILES string of the molecule is COC(=O)c1ccc(-c2c(C(=O)OC)c3cc4nc(cc5[nH]c(c(OC)c6nc(cc2[nH]3)C(C)(C)C6)c(C(=O)OC)c5C#Cc2ccc(-c3c5nc(cc6ccc(cc7ccc(cc8nc3C=C8)[nH]7)[nH]6)C=C5)cc2)C(C)(C)C4)cc1. The number of methoxy groups -OCH3 is 4. The fraction of sp³-hybridized carbons (Fsp3) is 0.185. The Morgan fingerprint density at radius 1 is 0.500 bits per heavy atom. The number of carbonyl (C=O) groups is 3. The molecule has 4 N–H and O–H groups in total. The summed E-state index contributed by atoms with van der Waals surface area (Å²) in [6.45, 7) is 8.31. The van der Waals surface area contributed by atoms with Crippen molar-refractivity contribution in [1.29, 1.82) is 0 Å². The number of aromatic nitrogens is 8. The third kappa shape index (κ3) is 9.30. The molecule has 10 heterocycles. The highest BCUT2D eigenvalue weighted by atomic mass is 16.5. The van der Waals surface area contributed by atoms with Crippen LogP contribution in [0.15, 0.2) is 109 Å². The van der Waals surface area contributed by atoms with E-state index in [0.29, 0.717) is 96.8 Å². The maximum Gasteiger partial charge on any atom is 0.341 e. The molecule has 4 aliphatic heterocycles. The van der Waals surface area contributed by atoms with Crippen LogP contribution < -0.4 is 4.74 Å². The average molecular weight is 1060 g/mol. The summed E-state index contributed by atoms with van der Waals surface area (Å²) >= 11 is 0. The van der Waals surface area contributed by atoms with Gasteiger partial charge in [0.05, 0.1) is 90.1 Å². The first-order valence-corrected chi connectivity index (χ1v) is 26.0. The van der Waals surface area contributed by atoms with E-state index >= 15 is 0 Å². The highest BCUT2D eigenvalue weighted by Crippen LogP contribution is 2.41. The molecule has 0 spiro atoms. The van der Waals surface area contributed by atoms with Gasteiger partial charge in [-0.2, -0.15) is 0 Å². The van der Waals surface area contributed by atoms with Crippen LogP contribution in [0.5, 0.6) is 5.75 Å². The first-order chi connectivity index (χ1) is 38.6. The molecule has 2 aromatic carbocycles. The average Bonchev–Trinajstić information content (AvgIpc) is 4.43. The smallest absolute Gasteiger partial charge is 0.341 e. The van der Waals surface area contributed by atoms with Crippen molar-refractivity contribution in [2.75, 3.05) is 28.4 Å². The van der Waals surface area contributed by atoms with E-state index in [1.165, 1.54) is 21.3 Å². The van der Waals surface area contributed by atoms with Gasteiger partial charge >= 0.3 is 17.9 Å². The minimum Gasteiger partial charge on any atom is -0.493 e. The highest BCUT2D eigenvalue weighted by Gasteiger charge is 2.35. The van der Waals surface area contributed by atoms with Gasteiger partial charge in [-0.15, -0.1) is 0 Å². The van der Waals surface area contributed by atoms with Crippen LogP contribution in [0.2, 0.25) is 0 Å². The third-order valence-corrected chi connectivity index (χ3v) is 14.9. The minimum atomic E-state index is -0.623. The molecule has 0 fully saturated rings. The molecule has 15 nitrogen and oxygen atoms in total. The second-order valence-electron chi connectivity index (χ2n) is 21.3. The lowest BCUT2D eigenvalue weighted by Crippen LogP contribution is -2.15. The van der Waals surface area contributed by atoms with Gasteiger partial charge in [-0.05, 0) is 120 Å². The second kappa shape index (κ2) is 19.7. The van der Waals surface area contributed by atoms with Crippen LogP contribution in [0.1, 0.15) is 115 Å². The van der Waals surface area contributed by atoms with Gasteiger partial charge in [0.25, 0.3) is 0 Å². The van der Waals surface area contributed by atoms with E-state index in [1.807, 2.05) is 103 Å². The number of esters is 3. The van der Waals surface area contributed by atoms with E-state index in [-0.39, 0.29) is 5.56 Å². The Morgan fingerprint density at radius 3 is 1.66 bits per heavy atom. The topological polar surface area (TPSA) is 203 Å². The number of hydrogen-bond acceptors (Lipinski definition) is 11. The number of aromatic amines is 4. The molecule has 4 aliphatic rings. The Kier molecular flexibility index (Phi) is 12.5. The number of nitrogens with one attached hydrogen (secondary N) is 4. The Hall–Kier alpha value is -10.1. The van der Waals surface area contributed by atoms with Gasteiger partial charge in [0.1, 0.15) is 5.56 Å². The number of benzene rings is 2. The van der Waals surface area contributed by atoms with Crippen molar-refractivity contribution in [3.05, 3.63) is 183 Å². The molecule has 396 valence electrons. The van der Waals surface area contributed by atoms with Crippen LogP contribution in [0.3, 0.4) is 0 Å². The molecular formula is C65H54N8O7. The Bertz CT molecular complexity index is 4330. The highest BCUT2D eigenvalue weighted by molar-refractivity contribution is 6.10. The van der Waals surface area contributed by atoms with E-state index in [1.54, 1.807) is 31.4 Å². The second-order valence-corrected chi connectivity index (χ2v) is 21.3. The number of carbonyl (C=O) groups excluding carboxylic acids is 3. The third-order valence-electron chi connectivity index (χ3n) is 14.9. The molecule has 8 aromatic rings. The summed E-state index contributed by atoms with van der Waals surface area (Å²) < 4.78 is 22.2. The van der Waals surface area contributed by atoms with Gasteiger partial charge in [0.15, 0.2) is 5.75 Å². The predicted octanol–water partition coefficient (Wildman–Crippen LogP) is 12.4. The summed E-state index contributed by atoms with van der Waals surface area (Å²) in [5.74, 6) is 5.41. The lowest BCUT2D eigenvalue weighted by molar-refractivity contribution is 0.0592. The summed E-state index contributed by atoms with van der Waals surface area (Å²) in [5.41, 5.74) is 15.2. The normalized spacial score (nSPS) is 13.8. The van der Waals surface area contributed by atoms with Gasteiger partial charge in [-0.25, -0.2) is 24.4 Å². The summed E-state index contributed by atoms with van der Waals surface area (Å²) in [6.07, 6.45) is 8.94. The summed E-state index contributed by atoms with van der Waals surface area (Å²) in [5, 5.41) is 0. The van der Waals surface area contributed by atoms with Crippen molar-refractivity contribution in [2.24, 2.45) is 0 Å². The fourth-order valence-electron chi connectivity index (χ4n) is 10.9. The molecule has 16 bridgehead atoms. The van der Waals surface area contributed by atoms with Crippen molar-refractivity contribution in [3.8, 4) is 39.8 Å². The molecule has 0 atom stereocenters. The number of nitrogens with zero attached hydrogens (tertiary/aromatic N) is 4. The van der Waals surface area contributed by atoms with Gasteiger partial charge in [0, 0.05) is 85.0 Å². The molecule has 6 aromatic heterocycles. The van der Waals surface area contributed by atoms with Gasteiger partial charge in [-0.1, -0.05) is 63.8 Å². The lowest BCUT2D eigenvalue weighted by Gasteiger charge is -2.16. The van der Waals surface area contributed by atoms with Crippen molar-refractivity contribution >= 4 is 86.3 Å². The molecular weight excluding hydrogens is 1000 g/mol. The van der Waals surface area contributed by atoms with E-state index in [0.717, 1.165) is 56.0 Å². The zero-order chi connectivity index (χ0) is 55.6. The van der Waals surface area contributed by atoms with E-state index in [4.69, 9.17) is 38.9 Å². The number of hydrogen-bond donors (Lipinski definition) is 4. The Morgan fingerprint density at radius 2 is 1.05 bits per heavy atom. The Labute approximate surface area is 459 Å². The van der Waals surface area contributed by atoms with Crippen molar-refractivity contribution < 1.29 is 33.3 Å². The quantitative estimate of drug-likeness (QED) is 0.0701. The zero-order valence-electron chi connectivity index (χ0n) is 45.3. The number of ether oxygens (including phenoxy) is 4. The van der Waals surface area contributed by atoms with Crippen molar-refractivity contribution in [2.45, 2.75) is 51.4 Å². The first kappa shape index (κ1) is 50.7. The van der Waals surface area contributed by atoms with Crippen LogP contribution in [-0.4, -0.2) is 86.2 Å². The summed E-state index contributed by atoms with van der Waals surface area (Å²) in [6, 6.07) is 34.7. The van der Waals surface area contributed by atoms with Crippen LogP contribution in [0, 0.1) is 11.8 Å². The summed E-state index contributed by atoms with van der Waals surface area (Å²) in [4.78, 5) is 75.4. The number of H-pyrrole nitrogens is 4. The molecule has 0 saturated carbocycles. The summed E-state index contributed by atoms with van der Waals surface area (Å²) in [7, 11) is 5.56. The zero-order valence-corrected chi connectivity index (χ0v) is 45.3. The maximum absolute atomic E-state index is 14.3. The molecule has 0 aliphatic carbocycles. The molecule has 0 amide bonds. The molecule has 15 heteroatoms. The molecule has 0 saturated heterocycles. The van der Waals surface area contributed by atoms with Crippen molar-refractivity contribution in [1.82, 2.24) is 39.9 Å². The van der Waals surface area contributed by atoms with Crippen LogP contribution >= 0.6 is 0 Å². The van der Waals surface area contributed by atoms with Crippen LogP contribution in [0.4, 0.5) is 0 Å². The molecule has 0 unspecified atom stereocenters. The van der Waals surface area contributed by atoms with E-state index < -0.39 is 28.7 Å². The fourth-order valence-corrected chi connectivity index (χ4v) is 10.9.